The number of aromatic amines is 1. The van der Waals surface area contributed by atoms with Crippen LogP contribution >= 0.6 is 0 Å². The third-order valence-electron chi connectivity index (χ3n) is 3.82. The maximum Gasteiger partial charge on any atom is 0.168 e. The van der Waals surface area contributed by atoms with Crippen LogP contribution < -0.4 is 4.57 Å². The summed E-state index contributed by atoms with van der Waals surface area (Å²) in [6.45, 7) is 3.75. The number of carbonyl (C=O) groups is 1. The Hall–Kier alpha value is -2.11. The Balaban J connectivity index is 2.27. The van der Waals surface area contributed by atoms with Gasteiger partial charge in [-0.3, -0.25) is 4.79 Å². The molecule has 0 aliphatic rings. The van der Waals surface area contributed by atoms with Gasteiger partial charge in [-0.25, -0.2) is 9.67 Å². The molecule has 0 aromatic carbocycles. The predicted molar refractivity (Wildman–Crippen MR) is 77.3 cm³/mol. The van der Waals surface area contributed by atoms with E-state index in [2.05, 4.69) is 39.7 Å². The van der Waals surface area contributed by atoms with E-state index in [9.17, 15) is 4.79 Å². The van der Waals surface area contributed by atoms with Crippen LogP contribution in [0, 0.1) is 5.92 Å². The van der Waals surface area contributed by atoms with Crippen molar-refractivity contribution in [3.63, 3.8) is 0 Å². The Morgan fingerprint density at radius 1 is 1.38 bits per heavy atom. The van der Waals surface area contributed by atoms with Crippen LogP contribution in [0.2, 0.25) is 0 Å². The smallest absolute Gasteiger partial charge is 0.168 e. The van der Waals surface area contributed by atoms with E-state index in [0.29, 0.717) is 5.82 Å². The van der Waals surface area contributed by atoms with Crippen molar-refractivity contribution in [2.75, 3.05) is 0 Å². The van der Waals surface area contributed by atoms with Gasteiger partial charge in [0.05, 0.1) is 0 Å². The first-order valence-electron chi connectivity index (χ1n) is 7.30. The van der Waals surface area contributed by atoms with Gasteiger partial charge in [0.1, 0.15) is 12.8 Å². The van der Waals surface area contributed by atoms with E-state index in [0.717, 1.165) is 19.3 Å². The van der Waals surface area contributed by atoms with Gasteiger partial charge in [0.15, 0.2) is 18.2 Å². The van der Waals surface area contributed by atoms with Gasteiger partial charge in [0.2, 0.25) is 0 Å². The molecule has 0 unspecified atom stereocenters. The van der Waals surface area contributed by atoms with Crippen molar-refractivity contribution < 1.29 is 9.36 Å². The van der Waals surface area contributed by atoms with E-state index in [1.54, 1.807) is 6.92 Å². The van der Waals surface area contributed by atoms with Crippen molar-refractivity contribution >= 4 is 5.78 Å². The molecule has 0 fully saturated rings. The molecule has 6 nitrogen and oxygen atoms in total. The molecule has 0 saturated heterocycles. The number of rotatable bonds is 7. The van der Waals surface area contributed by atoms with Crippen molar-refractivity contribution in [1.82, 2.24) is 20.6 Å². The number of nitrogens with zero attached hydrogens (tertiary/aromatic N) is 4. The van der Waals surface area contributed by atoms with Gasteiger partial charge >= 0.3 is 0 Å². The molecule has 2 rings (SSSR count). The number of nitrogens with one attached hydrogen (secondary N) is 1. The normalized spacial score (nSPS) is 13.9. The van der Waals surface area contributed by atoms with E-state index < -0.39 is 0 Å². The lowest BCUT2D eigenvalue weighted by Gasteiger charge is -2.22. The number of pyridine rings is 1. The number of aryl methyl sites for hydroxylation is 1. The highest BCUT2D eigenvalue weighted by Gasteiger charge is 2.29. The summed E-state index contributed by atoms with van der Waals surface area (Å²) in [5.41, 5.74) is 1.18. The van der Waals surface area contributed by atoms with Gasteiger partial charge in [-0.2, -0.15) is 0 Å². The Morgan fingerprint density at radius 3 is 2.62 bits per heavy atom. The van der Waals surface area contributed by atoms with Crippen LogP contribution in [0.1, 0.15) is 44.0 Å². The summed E-state index contributed by atoms with van der Waals surface area (Å²) in [5, 5.41) is 14.2. The van der Waals surface area contributed by atoms with Crippen LogP contribution in [0.4, 0.5) is 0 Å². The molecular formula is C15H22N5O+. The Kier molecular flexibility index (Phi) is 5.14. The molecule has 0 spiro atoms. The summed E-state index contributed by atoms with van der Waals surface area (Å²) < 4.78 is 1.99. The zero-order chi connectivity index (χ0) is 15.2. The van der Waals surface area contributed by atoms with Gasteiger partial charge in [-0.05, 0) is 35.8 Å². The van der Waals surface area contributed by atoms with E-state index in [1.165, 1.54) is 5.56 Å². The minimum absolute atomic E-state index is 0.00911. The predicted octanol–water partition coefficient (Wildman–Crippen LogP) is 1.36. The summed E-state index contributed by atoms with van der Waals surface area (Å²) in [4.78, 5) is 12.0. The lowest BCUT2D eigenvalue weighted by Crippen LogP contribution is -2.27. The minimum atomic E-state index is -0.0568. The standard InChI is InChI=1S/C15H22N5O/c1-4-5-13(11(2)21)14(15-16-18-19-17-15)10-12-6-8-20(3)9-7-12/h6-9,13-14H,4-5,10H2,1-3H3,(H,16,17,18,19)/q+1/t13-,14+/m1/s1. The van der Waals surface area contributed by atoms with Crippen LogP contribution in [-0.4, -0.2) is 26.4 Å². The van der Waals surface area contributed by atoms with Gasteiger partial charge in [0, 0.05) is 24.0 Å². The minimum Gasteiger partial charge on any atom is -0.300 e. The van der Waals surface area contributed by atoms with Gasteiger partial charge < -0.3 is 0 Å². The van der Waals surface area contributed by atoms with Crippen LogP contribution in [-0.2, 0) is 18.3 Å². The van der Waals surface area contributed by atoms with E-state index in [1.807, 2.05) is 24.0 Å². The fraction of sp³-hybridized carbons (Fsp3) is 0.533. The Morgan fingerprint density at radius 2 is 2.10 bits per heavy atom. The van der Waals surface area contributed by atoms with Gasteiger partial charge in [0.25, 0.3) is 0 Å². The van der Waals surface area contributed by atoms with E-state index >= 15 is 0 Å². The van der Waals surface area contributed by atoms with Crippen molar-refractivity contribution in [3.05, 3.63) is 35.9 Å². The molecule has 2 heterocycles. The molecule has 0 aliphatic carbocycles. The largest absolute Gasteiger partial charge is 0.300 e. The second-order valence-corrected chi connectivity index (χ2v) is 5.47. The topological polar surface area (TPSA) is 75.4 Å². The molecule has 2 aromatic heterocycles. The molecule has 0 aliphatic heterocycles. The molecule has 0 radical (unpaired) electrons. The first-order chi connectivity index (χ1) is 10.1. The molecular weight excluding hydrogens is 266 g/mol. The maximum absolute atomic E-state index is 12.0. The second-order valence-electron chi connectivity index (χ2n) is 5.47. The molecule has 2 atom stereocenters. The monoisotopic (exact) mass is 288 g/mol. The zero-order valence-corrected chi connectivity index (χ0v) is 12.8. The Labute approximate surface area is 124 Å². The third kappa shape index (κ3) is 3.93. The summed E-state index contributed by atoms with van der Waals surface area (Å²) in [7, 11) is 1.98. The van der Waals surface area contributed by atoms with Crippen molar-refractivity contribution in [2.24, 2.45) is 13.0 Å². The number of carbonyl (C=O) groups excluding carboxylic acids is 1. The lowest BCUT2D eigenvalue weighted by atomic mass is 9.81. The van der Waals surface area contributed by atoms with E-state index in [-0.39, 0.29) is 17.6 Å². The summed E-state index contributed by atoms with van der Waals surface area (Å²) in [6, 6.07) is 4.14. The molecule has 21 heavy (non-hydrogen) atoms. The van der Waals surface area contributed by atoms with Crippen LogP contribution in [0.15, 0.2) is 24.5 Å². The zero-order valence-electron chi connectivity index (χ0n) is 12.8. The average Bonchev–Trinajstić information content (AvgIpc) is 2.98. The molecule has 6 heteroatoms. The number of hydrogen-bond donors (Lipinski definition) is 1. The number of tetrazole rings is 1. The first kappa shape index (κ1) is 15.3. The quantitative estimate of drug-likeness (QED) is 0.780. The summed E-state index contributed by atoms with van der Waals surface area (Å²) >= 11 is 0. The highest BCUT2D eigenvalue weighted by atomic mass is 16.1. The van der Waals surface area contributed by atoms with Crippen LogP contribution in [0.25, 0.3) is 0 Å². The van der Waals surface area contributed by atoms with Gasteiger partial charge in [-0.15, -0.1) is 5.10 Å². The lowest BCUT2D eigenvalue weighted by molar-refractivity contribution is -0.671. The Bertz CT molecular complexity index is 564. The summed E-state index contributed by atoms with van der Waals surface area (Å²) in [5.74, 6) is 0.820. The number of ketones is 1. The van der Waals surface area contributed by atoms with Crippen molar-refractivity contribution in [2.45, 2.75) is 39.0 Å². The molecule has 1 N–H and O–H groups in total. The number of H-pyrrole nitrogens is 1. The average molecular weight is 288 g/mol. The maximum atomic E-state index is 12.0. The molecule has 112 valence electrons. The third-order valence-corrected chi connectivity index (χ3v) is 3.82. The second kappa shape index (κ2) is 7.06. The molecule has 0 bridgehead atoms. The molecule has 0 saturated carbocycles. The van der Waals surface area contributed by atoms with Crippen molar-refractivity contribution in [3.8, 4) is 0 Å². The summed E-state index contributed by atoms with van der Waals surface area (Å²) in [6.07, 6.45) is 6.58. The number of aromatic nitrogens is 5. The van der Waals surface area contributed by atoms with Gasteiger partial charge in [-0.1, -0.05) is 13.3 Å². The first-order valence-corrected chi connectivity index (χ1v) is 7.30. The number of Topliss-reactive ketones (excluding diaryl/α,β-unsaturated/α-hetero) is 1. The highest BCUT2D eigenvalue weighted by Crippen LogP contribution is 2.29. The number of hydrogen-bond acceptors (Lipinski definition) is 4. The fourth-order valence-corrected chi connectivity index (χ4v) is 2.67. The highest BCUT2D eigenvalue weighted by molar-refractivity contribution is 5.79. The van der Waals surface area contributed by atoms with E-state index in [4.69, 9.17) is 0 Å². The fourth-order valence-electron chi connectivity index (χ4n) is 2.67. The molecule has 2 aromatic rings. The SMILES string of the molecule is CCC[C@H](C(C)=O)[C@H](Cc1cc[n+](C)cc1)c1nnn[nH]1. The molecule has 0 amide bonds. The van der Waals surface area contributed by atoms with Crippen LogP contribution in [0.5, 0.6) is 0 Å². The van der Waals surface area contributed by atoms with Crippen LogP contribution in [0.3, 0.4) is 0 Å². The van der Waals surface area contributed by atoms with Crippen molar-refractivity contribution in [1.29, 1.82) is 0 Å².